The predicted octanol–water partition coefficient (Wildman–Crippen LogP) is 4.42. The second-order valence-corrected chi connectivity index (χ2v) is 5.68. The number of carbonyl (C=O) groups excluding carboxylic acids is 1. The van der Waals surface area contributed by atoms with E-state index in [0.29, 0.717) is 40.5 Å². The van der Waals surface area contributed by atoms with E-state index in [-0.39, 0.29) is 12.5 Å². The van der Waals surface area contributed by atoms with Gasteiger partial charge in [-0.3, -0.25) is 4.79 Å². The maximum Gasteiger partial charge on any atom is 0.288 e. The zero-order valence-corrected chi connectivity index (χ0v) is 13.8. The normalized spacial score (nSPS) is 10.5. The molecular formula is C17H17F2NO3S. The Morgan fingerprint density at radius 1 is 1.08 bits per heavy atom. The van der Waals surface area contributed by atoms with Crippen LogP contribution in [0.25, 0.3) is 0 Å². The summed E-state index contributed by atoms with van der Waals surface area (Å²) < 4.78 is 35.4. The fraction of sp³-hybridized carbons (Fsp3) is 0.235. The Balaban J connectivity index is 1.87. The maximum atomic E-state index is 12.2. The molecule has 0 spiro atoms. The smallest absolute Gasteiger partial charge is 0.288 e. The fourth-order valence-corrected chi connectivity index (χ4v) is 2.40. The molecule has 2 rings (SSSR count). The van der Waals surface area contributed by atoms with Gasteiger partial charge in [-0.2, -0.15) is 8.78 Å². The van der Waals surface area contributed by atoms with Crippen LogP contribution in [0.3, 0.4) is 0 Å². The average molecular weight is 353 g/mol. The van der Waals surface area contributed by atoms with Crippen molar-refractivity contribution < 1.29 is 23.0 Å². The number of benzene rings is 2. The number of rotatable bonds is 8. The van der Waals surface area contributed by atoms with Crippen molar-refractivity contribution in [1.82, 2.24) is 0 Å². The van der Waals surface area contributed by atoms with Crippen molar-refractivity contribution in [3.63, 3.8) is 0 Å². The summed E-state index contributed by atoms with van der Waals surface area (Å²) in [6.45, 7) is 2.17. The molecule has 1 N–H and O–H groups in total. The number of alkyl halides is 2. The lowest BCUT2D eigenvalue weighted by Crippen LogP contribution is -2.20. The number of carbonyl (C=O) groups is 1. The van der Waals surface area contributed by atoms with Crippen molar-refractivity contribution in [3.8, 4) is 11.5 Å². The van der Waals surface area contributed by atoms with Crippen LogP contribution in [0.4, 0.5) is 14.5 Å². The van der Waals surface area contributed by atoms with Gasteiger partial charge in [0.2, 0.25) is 0 Å². The highest BCUT2D eigenvalue weighted by Crippen LogP contribution is 2.27. The molecule has 1 amide bonds. The van der Waals surface area contributed by atoms with Crippen LogP contribution in [0.2, 0.25) is 0 Å². The minimum Gasteiger partial charge on any atom is -0.490 e. The second kappa shape index (κ2) is 9.12. The molecule has 0 saturated carbocycles. The largest absolute Gasteiger partial charge is 0.490 e. The molecule has 4 nitrogen and oxygen atoms in total. The van der Waals surface area contributed by atoms with Crippen molar-refractivity contribution in [2.24, 2.45) is 0 Å². The van der Waals surface area contributed by atoms with Crippen molar-refractivity contribution in [3.05, 3.63) is 48.5 Å². The predicted molar refractivity (Wildman–Crippen MR) is 90.0 cm³/mol. The number of hydrogen-bond acceptors (Lipinski definition) is 4. The number of halogens is 2. The molecule has 0 bridgehead atoms. The second-order valence-electron chi connectivity index (χ2n) is 4.62. The molecule has 0 aliphatic heterocycles. The van der Waals surface area contributed by atoms with Crippen LogP contribution in [-0.2, 0) is 4.79 Å². The van der Waals surface area contributed by atoms with Crippen molar-refractivity contribution in [2.75, 3.05) is 18.5 Å². The molecule has 128 valence electrons. The number of para-hydroxylation sites is 2. The van der Waals surface area contributed by atoms with Gasteiger partial charge in [-0.15, -0.1) is 0 Å². The summed E-state index contributed by atoms with van der Waals surface area (Å²) in [7, 11) is 0. The highest BCUT2D eigenvalue weighted by atomic mass is 32.2. The summed E-state index contributed by atoms with van der Waals surface area (Å²) in [6.07, 6.45) is 0. The van der Waals surface area contributed by atoms with E-state index in [4.69, 9.17) is 9.47 Å². The summed E-state index contributed by atoms with van der Waals surface area (Å²) in [5.41, 5.74) is 0.514. The molecule has 2 aromatic rings. The summed E-state index contributed by atoms with van der Waals surface area (Å²) >= 11 is 0.455. The molecular weight excluding hydrogens is 336 g/mol. The minimum atomic E-state index is -2.47. The van der Waals surface area contributed by atoms with Crippen LogP contribution in [0, 0.1) is 0 Å². The summed E-state index contributed by atoms with van der Waals surface area (Å²) in [6, 6.07) is 13.3. The Kier molecular flexibility index (Phi) is 6.87. The van der Waals surface area contributed by atoms with Crippen LogP contribution in [-0.4, -0.2) is 24.9 Å². The van der Waals surface area contributed by atoms with E-state index in [1.165, 1.54) is 12.1 Å². The van der Waals surface area contributed by atoms with Crippen molar-refractivity contribution >= 4 is 23.4 Å². The Morgan fingerprint density at radius 3 is 2.29 bits per heavy atom. The first kappa shape index (κ1) is 18.1. The molecule has 7 heteroatoms. The highest BCUT2D eigenvalue weighted by molar-refractivity contribution is 7.99. The first-order chi connectivity index (χ1) is 11.6. The van der Waals surface area contributed by atoms with E-state index in [1.807, 2.05) is 13.0 Å². The van der Waals surface area contributed by atoms with Crippen LogP contribution in [0.1, 0.15) is 6.92 Å². The molecule has 24 heavy (non-hydrogen) atoms. The van der Waals surface area contributed by atoms with E-state index < -0.39 is 5.76 Å². The first-order valence-electron chi connectivity index (χ1n) is 7.28. The van der Waals surface area contributed by atoms with Crippen molar-refractivity contribution in [2.45, 2.75) is 17.6 Å². The monoisotopic (exact) mass is 353 g/mol. The third-order valence-electron chi connectivity index (χ3n) is 2.87. The molecule has 0 aliphatic carbocycles. The minimum absolute atomic E-state index is 0.183. The number of hydrogen-bond donors (Lipinski definition) is 1. The fourth-order valence-electron chi connectivity index (χ4n) is 1.90. The van der Waals surface area contributed by atoms with Crippen LogP contribution >= 0.6 is 11.8 Å². The maximum absolute atomic E-state index is 12.2. The molecule has 0 aliphatic rings. The number of anilines is 1. The number of ether oxygens (including phenoxy) is 2. The van der Waals surface area contributed by atoms with Gasteiger partial charge < -0.3 is 14.8 Å². The average Bonchev–Trinajstić information content (AvgIpc) is 2.56. The third kappa shape index (κ3) is 5.73. The van der Waals surface area contributed by atoms with E-state index in [2.05, 4.69) is 5.32 Å². The number of thioether (sulfide) groups is 1. The lowest BCUT2D eigenvalue weighted by atomic mass is 10.3. The number of amides is 1. The third-order valence-corrected chi connectivity index (χ3v) is 3.59. The van der Waals surface area contributed by atoms with Gasteiger partial charge in [0.05, 0.1) is 6.61 Å². The zero-order chi connectivity index (χ0) is 17.4. The zero-order valence-electron chi connectivity index (χ0n) is 13.0. The summed E-state index contributed by atoms with van der Waals surface area (Å²) in [4.78, 5) is 12.4. The van der Waals surface area contributed by atoms with Gasteiger partial charge in [0.1, 0.15) is 0 Å². The SMILES string of the molecule is CCOc1ccccc1OCC(=O)Nc1ccc(SC(F)F)cc1. The van der Waals surface area contributed by atoms with E-state index >= 15 is 0 Å². The quantitative estimate of drug-likeness (QED) is 0.714. The number of nitrogens with one attached hydrogen (secondary N) is 1. The van der Waals surface area contributed by atoms with Crippen LogP contribution in [0.15, 0.2) is 53.4 Å². The molecule has 0 fully saturated rings. The van der Waals surface area contributed by atoms with Crippen LogP contribution < -0.4 is 14.8 Å². The Hall–Kier alpha value is -2.28. The summed E-state index contributed by atoms with van der Waals surface area (Å²) in [5, 5.41) is 2.64. The van der Waals surface area contributed by atoms with Gasteiger partial charge >= 0.3 is 0 Å². The van der Waals surface area contributed by atoms with Gasteiger partial charge in [0.15, 0.2) is 18.1 Å². The Morgan fingerprint density at radius 2 is 1.71 bits per heavy atom. The molecule has 2 aromatic carbocycles. The topological polar surface area (TPSA) is 47.6 Å². The van der Waals surface area contributed by atoms with E-state index in [1.54, 1.807) is 30.3 Å². The van der Waals surface area contributed by atoms with E-state index in [0.717, 1.165) is 0 Å². The lowest BCUT2D eigenvalue weighted by Gasteiger charge is -2.11. The van der Waals surface area contributed by atoms with Gasteiger partial charge in [-0.25, -0.2) is 0 Å². The standard InChI is InChI=1S/C17H17F2NO3S/c1-2-22-14-5-3-4-6-15(14)23-11-16(21)20-12-7-9-13(10-8-12)24-17(18)19/h3-10,17H,2,11H2,1H3,(H,20,21). The first-order valence-corrected chi connectivity index (χ1v) is 8.16. The Labute approximate surface area is 143 Å². The molecule has 0 atom stereocenters. The molecule has 0 heterocycles. The van der Waals surface area contributed by atoms with E-state index in [9.17, 15) is 13.6 Å². The van der Waals surface area contributed by atoms with Gasteiger partial charge in [0.25, 0.3) is 11.7 Å². The van der Waals surface area contributed by atoms with Gasteiger partial charge in [0, 0.05) is 10.6 Å². The van der Waals surface area contributed by atoms with Gasteiger partial charge in [-0.05, 0) is 43.3 Å². The summed E-state index contributed by atoms with van der Waals surface area (Å²) in [5.74, 6) is -1.76. The van der Waals surface area contributed by atoms with Crippen molar-refractivity contribution in [1.29, 1.82) is 0 Å². The molecule has 0 unspecified atom stereocenters. The Bertz CT molecular complexity index is 665. The lowest BCUT2D eigenvalue weighted by molar-refractivity contribution is -0.118. The van der Waals surface area contributed by atoms with Gasteiger partial charge in [-0.1, -0.05) is 23.9 Å². The molecule has 0 saturated heterocycles. The molecule has 0 radical (unpaired) electrons. The highest BCUT2D eigenvalue weighted by Gasteiger charge is 2.09. The van der Waals surface area contributed by atoms with Crippen LogP contribution in [0.5, 0.6) is 11.5 Å². The molecule has 0 aromatic heterocycles.